The Hall–Kier alpha value is -3.30. The highest BCUT2D eigenvalue weighted by Gasteiger charge is 2.27. The molecule has 1 N–H and O–H groups in total. The molecule has 9 heteroatoms. The molecule has 1 aliphatic rings. The van der Waals surface area contributed by atoms with Gasteiger partial charge in [0.15, 0.2) is 0 Å². The Morgan fingerprint density at radius 1 is 0.973 bits per heavy atom. The van der Waals surface area contributed by atoms with Crippen molar-refractivity contribution in [1.29, 1.82) is 0 Å². The first-order valence-electron chi connectivity index (χ1n) is 12.1. The molecule has 1 heterocycles. The van der Waals surface area contributed by atoms with Crippen LogP contribution in [-0.2, 0) is 32.7 Å². The Labute approximate surface area is 222 Å². The van der Waals surface area contributed by atoms with Gasteiger partial charge in [-0.3, -0.25) is 13.9 Å². The Bertz CT molecular complexity index is 1340. The monoisotopic (exact) mass is 537 g/mol. The minimum Gasteiger partial charge on any atom is -0.350 e. The number of likely N-dealkylation sites (tertiary alicyclic amines) is 1. The molecule has 0 aromatic heterocycles. The summed E-state index contributed by atoms with van der Waals surface area (Å²) in [5, 5.41) is 2.84. The van der Waals surface area contributed by atoms with E-state index in [0.717, 1.165) is 38.9 Å². The number of hydrogen-bond acceptors (Lipinski definition) is 5. The standard InChI is InChI=1S/C28H31N3O4S2/c1-21-5-11-24(12-6-21)31(37(34,35)26-15-13-25(36-2)14-16-26)20-27(32)29-18-22-7-9-23(10-8-22)19-30-17-3-4-28(30)33/h5-16H,3-4,17-20H2,1-2H3,(H,29,32). The van der Waals surface area contributed by atoms with Crippen LogP contribution in [0.4, 0.5) is 5.69 Å². The minimum absolute atomic E-state index is 0.130. The van der Waals surface area contributed by atoms with Gasteiger partial charge >= 0.3 is 0 Å². The van der Waals surface area contributed by atoms with Gasteiger partial charge < -0.3 is 10.2 Å². The summed E-state index contributed by atoms with van der Waals surface area (Å²) in [5.41, 5.74) is 3.35. The number of benzene rings is 3. The van der Waals surface area contributed by atoms with E-state index in [1.54, 1.807) is 36.4 Å². The van der Waals surface area contributed by atoms with E-state index in [9.17, 15) is 18.0 Å². The highest BCUT2D eigenvalue weighted by Crippen LogP contribution is 2.26. The number of sulfonamides is 1. The molecule has 0 saturated carbocycles. The van der Waals surface area contributed by atoms with Gasteiger partial charge in [-0.2, -0.15) is 0 Å². The first kappa shape index (κ1) is 26.8. The fraction of sp³-hybridized carbons (Fsp3) is 0.286. The van der Waals surface area contributed by atoms with Crippen LogP contribution in [0.3, 0.4) is 0 Å². The molecule has 0 bridgehead atoms. The summed E-state index contributed by atoms with van der Waals surface area (Å²) in [5.74, 6) is -0.221. The molecule has 0 spiro atoms. The maximum atomic E-state index is 13.5. The van der Waals surface area contributed by atoms with E-state index in [1.165, 1.54) is 11.8 Å². The number of aryl methyl sites for hydroxylation is 1. The fourth-order valence-electron chi connectivity index (χ4n) is 4.14. The molecule has 1 aliphatic heterocycles. The van der Waals surface area contributed by atoms with Crippen LogP contribution in [0, 0.1) is 6.92 Å². The van der Waals surface area contributed by atoms with E-state index in [4.69, 9.17) is 0 Å². The smallest absolute Gasteiger partial charge is 0.264 e. The summed E-state index contributed by atoms with van der Waals surface area (Å²) in [7, 11) is -3.96. The van der Waals surface area contributed by atoms with Gasteiger partial charge in [-0.25, -0.2) is 8.42 Å². The van der Waals surface area contributed by atoms with Crippen molar-refractivity contribution in [3.05, 3.63) is 89.5 Å². The summed E-state index contributed by atoms with van der Waals surface area (Å²) in [6.07, 6.45) is 3.44. The van der Waals surface area contributed by atoms with Crippen LogP contribution < -0.4 is 9.62 Å². The predicted molar refractivity (Wildman–Crippen MR) is 147 cm³/mol. The molecule has 194 valence electrons. The van der Waals surface area contributed by atoms with E-state index in [0.29, 0.717) is 18.7 Å². The molecule has 1 saturated heterocycles. The minimum atomic E-state index is -3.96. The van der Waals surface area contributed by atoms with Crippen LogP contribution in [0.2, 0.25) is 0 Å². The van der Waals surface area contributed by atoms with Crippen molar-refractivity contribution in [2.24, 2.45) is 0 Å². The summed E-state index contributed by atoms with van der Waals surface area (Å²) in [6.45, 7) is 3.23. The first-order valence-corrected chi connectivity index (χ1v) is 14.8. The van der Waals surface area contributed by atoms with Crippen LogP contribution in [0.25, 0.3) is 0 Å². The van der Waals surface area contributed by atoms with Crippen LogP contribution in [0.15, 0.2) is 82.6 Å². The topological polar surface area (TPSA) is 86.8 Å². The van der Waals surface area contributed by atoms with Gasteiger partial charge in [-0.1, -0.05) is 42.0 Å². The number of carbonyl (C=O) groups excluding carboxylic acids is 2. The van der Waals surface area contributed by atoms with Gasteiger partial charge in [0.1, 0.15) is 6.54 Å². The second-order valence-corrected chi connectivity index (χ2v) is 11.8. The normalized spacial score (nSPS) is 13.6. The number of hydrogen-bond donors (Lipinski definition) is 1. The number of anilines is 1. The lowest BCUT2D eigenvalue weighted by atomic mass is 10.1. The molecule has 0 aliphatic carbocycles. The molecule has 1 fully saturated rings. The lowest BCUT2D eigenvalue weighted by Crippen LogP contribution is -2.40. The maximum absolute atomic E-state index is 13.5. The highest BCUT2D eigenvalue weighted by molar-refractivity contribution is 7.98. The Morgan fingerprint density at radius 3 is 2.22 bits per heavy atom. The van der Waals surface area contributed by atoms with E-state index >= 15 is 0 Å². The van der Waals surface area contributed by atoms with Crippen molar-refractivity contribution in [3.63, 3.8) is 0 Å². The van der Waals surface area contributed by atoms with E-state index < -0.39 is 15.9 Å². The zero-order chi connectivity index (χ0) is 26.4. The zero-order valence-electron chi connectivity index (χ0n) is 21.0. The summed E-state index contributed by atoms with van der Waals surface area (Å²) >= 11 is 1.53. The quantitative estimate of drug-likeness (QED) is 0.389. The third-order valence-electron chi connectivity index (χ3n) is 6.31. The van der Waals surface area contributed by atoms with E-state index in [1.807, 2.05) is 54.5 Å². The van der Waals surface area contributed by atoms with Gasteiger partial charge in [0.05, 0.1) is 10.6 Å². The SMILES string of the molecule is CSc1ccc(S(=O)(=O)N(CC(=O)NCc2ccc(CN3CCCC3=O)cc2)c2ccc(C)cc2)cc1. The number of rotatable bonds is 10. The fourth-order valence-corrected chi connectivity index (χ4v) is 5.97. The Balaban J connectivity index is 1.44. The molecule has 2 amide bonds. The zero-order valence-corrected chi connectivity index (χ0v) is 22.6. The Morgan fingerprint density at radius 2 is 1.62 bits per heavy atom. The van der Waals surface area contributed by atoms with Crippen molar-refractivity contribution in [3.8, 4) is 0 Å². The molecule has 7 nitrogen and oxygen atoms in total. The molecular formula is C28H31N3O4S2. The highest BCUT2D eigenvalue weighted by atomic mass is 32.2. The first-order chi connectivity index (χ1) is 17.8. The average molecular weight is 538 g/mol. The van der Waals surface area contributed by atoms with Crippen LogP contribution >= 0.6 is 11.8 Å². The molecule has 0 radical (unpaired) electrons. The summed E-state index contributed by atoms with van der Waals surface area (Å²) in [6, 6.07) is 21.4. The van der Waals surface area contributed by atoms with Crippen molar-refractivity contribution in [2.45, 2.75) is 42.6 Å². The number of carbonyl (C=O) groups is 2. The third kappa shape index (κ3) is 6.72. The molecular weight excluding hydrogens is 506 g/mol. The van der Waals surface area contributed by atoms with Gasteiger partial charge in [0.2, 0.25) is 11.8 Å². The Kier molecular flexibility index (Phi) is 8.56. The molecule has 3 aromatic carbocycles. The van der Waals surface area contributed by atoms with Gasteiger partial charge in [-0.15, -0.1) is 11.8 Å². The van der Waals surface area contributed by atoms with Gasteiger partial charge in [0, 0.05) is 31.0 Å². The molecule has 0 unspecified atom stereocenters. The second kappa shape index (κ2) is 11.8. The van der Waals surface area contributed by atoms with Crippen molar-refractivity contribution in [1.82, 2.24) is 10.2 Å². The van der Waals surface area contributed by atoms with Crippen molar-refractivity contribution in [2.75, 3.05) is 23.7 Å². The van der Waals surface area contributed by atoms with Gasteiger partial charge in [-0.05, 0) is 67.1 Å². The maximum Gasteiger partial charge on any atom is 0.264 e. The molecule has 3 aromatic rings. The van der Waals surface area contributed by atoms with Crippen LogP contribution in [-0.4, -0.2) is 44.5 Å². The number of nitrogens with zero attached hydrogens (tertiary/aromatic N) is 2. The average Bonchev–Trinajstić information content (AvgIpc) is 3.31. The predicted octanol–water partition coefficient (Wildman–Crippen LogP) is 4.35. The van der Waals surface area contributed by atoms with E-state index in [2.05, 4.69) is 5.32 Å². The molecule has 4 rings (SSSR count). The van der Waals surface area contributed by atoms with E-state index in [-0.39, 0.29) is 23.9 Å². The largest absolute Gasteiger partial charge is 0.350 e. The molecule has 0 atom stereocenters. The van der Waals surface area contributed by atoms with Crippen molar-refractivity contribution >= 4 is 39.3 Å². The van der Waals surface area contributed by atoms with Crippen LogP contribution in [0.1, 0.15) is 29.5 Å². The number of amides is 2. The van der Waals surface area contributed by atoms with Crippen LogP contribution in [0.5, 0.6) is 0 Å². The summed E-state index contributed by atoms with van der Waals surface area (Å²) in [4.78, 5) is 27.7. The van der Waals surface area contributed by atoms with Crippen molar-refractivity contribution < 1.29 is 18.0 Å². The second-order valence-electron chi connectivity index (χ2n) is 9.03. The molecule has 37 heavy (non-hydrogen) atoms. The lowest BCUT2D eigenvalue weighted by molar-refractivity contribution is -0.128. The van der Waals surface area contributed by atoms with Gasteiger partial charge in [0.25, 0.3) is 10.0 Å². The lowest BCUT2D eigenvalue weighted by Gasteiger charge is -2.24. The third-order valence-corrected chi connectivity index (χ3v) is 8.85. The number of thioether (sulfide) groups is 1. The summed E-state index contributed by atoms with van der Waals surface area (Å²) < 4.78 is 28.2. The number of nitrogens with one attached hydrogen (secondary N) is 1.